The van der Waals surface area contributed by atoms with Crippen molar-refractivity contribution in [2.45, 2.75) is 56.8 Å². The Kier molecular flexibility index (Phi) is 6.48. The van der Waals surface area contributed by atoms with Crippen LogP contribution in [0, 0.1) is 23.2 Å². The topological polar surface area (TPSA) is 96.0 Å². The van der Waals surface area contributed by atoms with E-state index in [1.54, 1.807) is 0 Å². The Bertz CT molecular complexity index is 819. The molecule has 0 aromatic rings. The van der Waals surface area contributed by atoms with Crippen LogP contribution in [0.15, 0.2) is 0 Å². The lowest BCUT2D eigenvalue weighted by Gasteiger charge is -2.54. The summed E-state index contributed by atoms with van der Waals surface area (Å²) < 4.78 is 93.5. The van der Waals surface area contributed by atoms with Crippen LogP contribution in [0.1, 0.15) is 39.0 Å². The number of ether oxygens (including phenoxy) is 3. The maximum atomic E-state index is 14.1. The molecule has 0 aliphatic heterocycles. The summed E-state index contributed by atoms with van der Waals surface area (Å²) in [6.07, 6.45) is 1.88. The summed E-state index contributed by atoms with van der Waals surface area (Å²) in [4.78, 5) is 46.8. The van der Waals surface area contributed by atoms with Gasteiger partial charge in [-0.2, -0.15) is 26.3 Å². The zero-order chi connectivity index (χ0) is 24.8. The van der Waals surface area contributed by atoms with Gasteiger partial charge in [-0.25, -0.2) is 9.59 Å². The molecule has 4 fully saturated rings. The van der Waals surface area contributed by atoms with Gasteiger partial charge >= 0.3 is 35.7 Å². The highest BCUT2D eigenvalue weighted by Gasteiger charge is 2.61. The molecule has 0 amide bonds. The number of carbonyl (C=O) groups excluding carboxylic acids is 4. The van der Waals surface area contributed by atoms with Gasteiger partial charge in [0.15, 0.2) is 19.8 Å². The predicted octanol–water partition coefficient (Wildman–Crippen LogP) is 2.94. The molecule has 2 unspecified atom stereocenters. The van der Waals surface area contributed by atoms with Crippen molar-refractivity contribution >= 4 is 23.7 Å². The van der Waals surface area contributed by atoms with Crippen molar-refractivity contribution in [3.63, 3.8) is 0 Å². The molecule has 4 aliphatic carbocycles. The van der Waals surface area contributed by atoms with Crippen LogP contribution < -0.4 is 0 Å². The maximum Gasteiger partial charge on any atom is 0.377 e. The van der Waals surface area contributed by atoms with E-state index >= 15 is 0 Å². The molecule has 13 heteroatoms. The number of hydrogen-bond acceptors (Lipinski definition) is 7. The highest BCUT2D eigenvalue weighted by molar-refractivity contribution is 5.89. The highest BCUT2D eigenvalue weighted by Crippen LogP contribution is 2.59. The third-order valence-corrected chi connectivity index (χ3v) is 6.44. The lowest BCUT2D eigenvalue weighted by atomic mass is 9.49. The SMILES string of the molecule is CC(F)(F)C(=O)OCC(=O)OCC(F)(F)C(F)(F)COC(=O)C12CC3CC(C1)C(=O)C(C3)C2. The Morgan fingerprint density at radius 2 is 1.39 bits per heavy atom. The van der Waals surface area contributed by atoms with E-state index in [2.05, 4.69) is 14.2 Å². The van der Waals surface area contributed by atoms with Crippen LogP contribution >= 0.6 is 0 Å². The zero-order valence-electron chi connectivity index (χ0n) is 17.5. The molecule has 186 valence electrons. The molecule has 4 bridgehead atoms. The van der Waals surface area contributed by atoms with E-state index in [-0.39, 0.29) is 43.3 Å². The molecule has 0 N–H and O–H groups in total. The molecule has 4 aliphatic rings. The molecule has 4 saturated carbocycles. The van der Waals surface area contributed by atoms with Crippen LogP contribution in [0.4, 0.5) is 26.3 Å². The fourth-order valence-electron chi connectivity index (χ4n) is 4.98. The van der Waals surface area contributed by atoms with Crippen LogP contribution in [0.5, 0.6) is 0 Å². The van der Waals surface area contributed by atoms with Gasteiger partial charge in [0.2, 0.25) is 0 Å². The Balaban J connectivity index is 1.51. The Labute approximate surface area is 184 Å². The van der Waals surface area contributed by atoms with Crippen molar-refractivity contribution in [2.75, 3.05) is 19.8 Å². The zero-order valence-corrected chi connectivity index (χ0v) is 17.5. The van der Waals surface area contributed by atoms with Crippen LogP contribution in [0.2, 0.25) is 0 Å². The Morgan fingerprint density at radius 3 is 1.91 bits per heavy atom. The first kappa shape index (κ1) is 25.3. The number of esters is 3. The number of carbonyl (C=O) groups is 4. The lowest BCUT2D eigenvalue weighted by molar-refractivity contribution is -0.251. The minimum Gasteiger partial charge on any atom is -0.459 e. The average molecular weight is 488 g/mol. The largest absolute Gasteiger partial charge is 0.459 e. The molecule has 0 saturated heterocycles. The van der Waals surface area contributed by atoms with E-state index in [0.29, 0.717) is 19.3 Å². The first-order valence-electron chi connectivity index (χ1n) is 10.2. The minimum atomic E-state index is -4.97. The van der Waals surface area contributed by atoms with Gasteiger partial charge in [-0.3, -0.25) is 9.59 Å². The second kappa shape index (κ2) is 8.46. The van der Waals surface area contributed by atoms with Crippen LogP contribution in [-0.2, 0) is 33.4 Å². The van der Waals surface area contributed by atoms with Gasteiger partial charge in [0.05, 0.1) is 5.41 Å². The van der Waals surface area contributed by atoms with Crippen LogP contribution in [0.25, 0.3) is 0 Å². The highest BCUT2D eigenvalue weighted by atomic mass is 19.3. The van der Waals surface area contributed by atoms with Gasteiger partial charge in [0.25, 0.3) is 0 Å². The lowest BCUT2D eigenvalue weighted by Crippen LogP contribution is -2.56. The molecule has 0 aromatic heterocycles. The van der Waals surface area contributed by atoms with E-state index < -0.39 is 60.9 Å². The predicted molar refractivity (Wildman–Crippen MR) is 94.4 cm³/mol. The van der Waals surface area contributed by atoms with Crippen molar-refractivity contribution < 1.29 is 59.7 Å². The first-order chi connectivity index (χ1) is 15.1. The molecule has 0 heterocycles. The second-order valence-corrected chi connectivity index (χ2v) is 9.14. The first-order valence-corrected chi connectivity index (χ1v) is 10.2. The third kappa shape index (κ3) is 5.11. The quantitative estimate of drug-likeness (QED) is 0.280. The van der Waals surface area contributed by atoms with Crippen molar-refractivity contribution in [2.24, 2.45) is 23.2 Å². The number of alkyl halides is 6. The van der Waals surface area contributed by atoms with E-state index in [0.717, 1.165) is 0 Å². The van der Waals surface area contributed by atoms with Crippen molar-refractivity contribution in [3.05, 3.63) is 0 Å². The summed E-state index contributed by atoms with van der Waals surface area (Å²) in [7, 11) is 0. The Morgan fingerprint density at radius 1 is 0.879 bits per heavy atom. The summed E-state index contributed by atoms with van der Waals surface area (Å²) >= 11 is 0. The average Bonchev–Trinajstić information content (AvgIpc) is 2.71. The standard InChI is InChI=1S/C20H22F6O7/c1-17(21,22)15(29)31-7-13(27)32-8-19(23,24)20(25,26)9-33-16(30)18-4-10-2-11(5-18)14(28)12(3-10)6-18/h10-12H,2-9H2,1H3. The number of halogens is 6. The van der Waals surface area contributed by atoms with Crippen LogP contribution in [0.3, 0.4) is 0 Å². The summed E-state index contributed by atoms with van der Waals surface area (Å²) in [5.41, 5.74) is -1.15. The normalized spacial score (nSPS) is 29.1. The number of rotatable bonds is 9. The van der Waals surface area contributed by atoms with Gasteiger partial charge in [-0.1, -0.05) is 0 Å². The van der Waals surface area contributed by atoms with Gasteiger partial charge < -0.3 is 14.2 Å². The number of ketones is 1. The Hall–Kier alpha value is -2.34. The molecule has 0 aromatic carbocycles. The molecular weight excluding hydrogens is 466 g/mol. The summed E-state index contributed by atoms with van der Waals surface area (Å²) in [6.45, 7) is -5.47. The minimum absolute atomic E-state index is 0.0430. The monoisotopic (exact) mass is 488 g/mol. The molecular formula is C20H22F6O7. The maximum absolute atomic E-state index is 14.1. The molecule has 4 rings (SSSR count). The third-order valence-electron chi connectivity index (χ3n) is 6.44. The van der Waals surface area contributed by atoms with Gasteiger partial charge in [-0.05, 0) is 38.0 Å². The van der Waals surface area contributed by atoms with E-state index in [9.17, 15) is 45.5 Å². The van der Waals surface area contributed by atoms with Gasteiger partial charge in [-0.15, -0.1) is 0 Å². The van der Waals surface area contributed by atoms with E-state index in [4.69, 9.17) is 0 Å². The summed E-state index contributed by atoms with van der Waals surface area (Å²) in [5, 5.41) is 0. The number of Topliss-reactive ketones (excluding diaryl/α,β-unsaturated/α-hetero) is 1. The van der Waals surface area contributed by atoms with E-state index in [1.165, 1.54) is 0 Å². The van der Waals surface area contributed by atoms with Crippen molar-refractivity contribution in [1.82, 2.24) is 0 Å². The van der Waals surface area contributed by atoms with Crippen molar-refractivity contribution in [1.29, 1.82) is 0 Å². The smallest absolute Gasteiger partial charge is 0.377 e. The molecule has 33 heavy (non-hydrogen) atoms. The summed E-state index contributed by atoms with van der Waals surface area (Å²) in [5.74, 6) is -19.4. The molecule has 2 atom stereocenters. The van der Waals surface area contributed by atoms with Gasteiger partial charge in [0, 0.05) is 18.8 Å². The number of hydrogen-bond donors (Lipinski definition) is 0. The fraction of sp³-hybridized carbons (Fsp3) is 0.800. The van der Waals surface area contributed by atoms with E-state index in [1.807, 2.05) is 0 Å². The van der Waals surface area contributed by atoms with Gasteiger partial charge in [0.1, 0.15) is 5.78 Å². The van der Waals surface area contributed by atoms with Crippen molar-refractivity contribution in [3.8, 4) is 0 Å². The molecule has 0 radical (unpaired) electrons. The molecule has 0 spiro atoms. The fourth-order valence-corrected chi connectivity index (χ4v) is 4.98. The second-order valence-electron chi connectivity index (χ2n) is 9.14. The van der Waals surface area contributed by atoms with Crippen LogP contribution in [-0.4, -0.2) is 61.3 Å². The molecule has 7 nitrogen and oxygen atoms in total. The summed E-state index contributed by atoms with van der Waals surface area (Å²) in [6, 6.07) is 0.